The fraction of sp³-hybridized carbons (Fsp3) is 0.300. The van der Waals surface area contributed by atoms with Gasteiger partial charge in [0, 0.05) is 0 Å². The predicted molar refractivity (Wildman–Crippen MR) is 41.6 cm³/mol. The molecule has 1 fully saturated rings. The molecule has 0 amide bonds. The molecule has 57 valence electrons. The van der Waals surface area contributed by atoms with Gasteiger partial charge in [-0.25, -0.2) is 0 Å². The van der Waals surface area contributed by atoms with Gasteiger partial charge >= 0.3 is 0 Å². The van der Waals surface area contributed by atoms with Gasteiger partial charge in [0.1, 0.15) is 0 Å². The molecule has 0 N–H and O–H groups in total. The monoisotopic (exact) mass is 146 g/mol. The molecule has 0 spiro atoms. The van der Waals surface area contributed by atoms with Gasteiger partial charge in [-0.05, 0) is 23.8 Å². The summed E-state index contributed by atoms with van der Waals surface area (Å²) in [5.41, 5.74) is 1.31. The van der Waals surface area contributed by atoms with E-state index in [0.717, 1.165) is 13.0 Å². The summed E-state index contributed by atoms with van der Waals surface area (Å²) in [5, 5.41) is 10.4. The number of hydrogen-bond acceptors (Lipinski definition) is 1. The third-order valence-electron chi connectivity index (χ3n) is 2.24. The maximum atomic E-state index is 10.4. The lowest BCUT2D eigenvalue weighted by atomic mass is 10.1. The molecule has 2 atom stereocenters. The van der Waals surface area contributed by atoms with Crippen LogP contribution in [0.2, 0.25) is 0 Å². The molecule has 0 heterocycles. The summed E-state index contributed by atoms with van der Waals surface area (Å²) in [6.45, 7) is 1.07. The Bertz CT molecular complexity index is 230. The van der Waals surface area contributed by atoms with Crippen LogP contribution < -0.4 is 5.11 Å². The molecule has 1 aliphatic rings. The van der Waals surface area contributed by atoms with Crippen molar-refractivity contribution in [2.75, 3.05) is 0 Å². The van der Waals surface area contributed by atoms with Crippen LogP contribution in [0.15, 0.2) is 30.3 Å². The molecular formula is C10H10O-. The van der Waals surface area contributed by atoms with Crippen LogP contribution in [0.5, 0.6) is 0 Å². The lowest BCUT2D eigenvalue weighted by molar-refractivity contribution is -0.321. The van der Waals surface area contributed by atoms with E-state index < -0.39 is 0 Å². The second-order valence-electron chi connectivity index (χ2n) is 3.05. The standard InChI is InChI=1S/C10H10O/c11-7-9-6-10(9)8-4-2-1-3-5-8/h1-5,7,9-10H,6H2/q-1/t9-,10-/m1/s1. The zero-order valence-corrected chi connectivity index (χ0v) is 6.23. The van der Waals surface area contributed by atoms with Gasteiger partial charge in [-0.3, -0.25) is 0 Å². The molecule has 0 unspecified atom stereocenters. The van der Waals surface area contributed by atoms with Gasteiger partial charge in [0.2, 0.25) is 0 Å². The Balaban J connectivity index is 2.09. The lowest BCUT2D eigenvalue weighted by Crippen LogP contribution is -1.99. The fourth-order valence-corrected chi connectivity index (χ4v) is 1.45. The second-order valence-corrected chi connectivity index (χ2v) is 3.05. The van der Waals surface area contributed by atoms with Crippen LogP contribution in [0.3, 0.4) is 0 Å². The zero-order valence-electron chi connectivity index (χ0n) is 6.23. The van der Waals surface area contributed by atoms with Crippen molar-refractivity contribution in [2.45, 2.75) is 12.3 Å². The van der Waals surface area contributed by atoms with Crippen LogP contribution >= 0.6 is 0 Å². The van der Waals surface area contributed by atoms with Crippen molar-refractivity contribution < 1.29 is 5.11 Å². The summed E-state index contributed by atoms with van der Waals surface area (Å²) in [4.78, 5) is 0. The summed E-state index contributed by atoms with van der Waals surface area (Å²) in [6.07, 6.45) is 1.05. The summed E-state index contributed by atoms with van der Waals surface area (Å²) in [5.74, 6) is 0.825. The lowest BCUT2D eigenvalue weighted by Gasteiger charge is -2.01. The van der Waals surface area contributed by atoms with Crippen LogP contribution in [0.1, 0.15) is 17.9 Å². The van der Waals surface area contributed by atoms with Crippen molar-refractivity contribution in [3.05, 3.63) is 42.5 Å². The SMILES string of the molecule is [O-][CH][C@H]1C[C@@H]1c1ccccc1. The van der Waals surface area contributed by atoms with Crippen molar-refractivity contribution in [3.63, 3.8) is 0 Å². The molecule has 0 saturated heterocycles. The minimum absolute atomic E-state index is 0.303. The van der Waals surface area contributed by atoms with Crippen LogP contribution in [0.25, 0.3) is 0 Å². The van der Waals surface area contributed by atoms with Crippen LogP contribution in [-0.4, -0.2) is 0 Å². The highest BCUT2D eigenvalue weighted by Crippen LogP contribution is 2.47. The Kier molecular flexibility index (Phi) is 1.66. The molecule has 1 aromatic carbocycles. The van der Waals surface area contributed by atoms with Crippen molar-refractivity contribution in [1.82, 2.24) is 0 Å². The van der Waals surface area contributed by atoms with Gasteiger partial charge < -0.3 is 5.11 Å². The zero-order chi connectivity index (χ0) is 7.68. The van der Waals surface area contributed by atoms with Gasteiger partial charge in [-0.2, -0.15) is 0 Å². The van der Waals surface area contributed by atoms with Crippen molar-refractivity contribution in [3.8, 4) is 0 Å². The van der Waals surface area contributed by atoms with E-state index in [-0.39, 0.29) is 0 Å². The van der Waals surface area contributed by atoms with Gasteiger partial charge in [-0.15, -0.1) is 6.61 Å². The quantitative estimate of drug-likeness (QED) is 0.617. The Morgan fingerprint density at radius 1 is 1.27 bits per heavy atom. The predicted octanol–water partition coefficient (Wildman–Crippen LogP) is 1.31. The Morgan fingerprint density at radius 2 is 2.00 bits per heavy atom. The van der Waals surface area contributed by atoms with Crippen molar-refractivity contribution >= 4 is 0 Å². The molecule has 1 nitrogen and oxygen atoms in total. The molecule has 0 aliphatic heterocycles. The van der Waals surface area contributed by atoms with Crippen LogP contribution in [0.4, 0.5) is 0 Å². The highest BCUT2D eigenvalue weighted by Gasteiger charge is 2.34. The molecular weight excluding hydrogens is 136 g/mol. The Labute approximate surface area is 66.7 Å². The first-order valence-corrected chi connectivity index (χ1v) is 3.92. The molecule has 1 saturated carbocycles. The molecule has 1 aliphatic carbocycles. The molecule has 0 aromatic heterocycles. The second kappa shape index (κ2) is 2.67. The fourth-order valence-electron chi connectivity index (χ4n) is 1.45. The van der Waals surface area contributed by atoms with E-state index in [2.05, 4.69) is 12.1 Å². The van der Waals surface area contributed by atoms with Gasteiger partial charge in [0.05, 0.1) is 0 Å². The van der Waals surface area contributed by atoms with E-state index in [1.807, 2.05) is 18.2 Å². The van der Waals surface area contributed by atoms with E-state index >= 15 is 0 Å². The molecule has 2 rings (SSSR count). The van der Waals surface area contributed by atoms with Crippen LogP contribution in [-0.2, 0) is 0 Å². The minimum Gasteiger partial charge on any atom is -0.852 e. The smallest absolute Gasteiger partial charge is 0.0142 e. The molecule has 0 bridgehead atoms. The molecule has 11 heavy (non-hydrogen) atoms. The largest absolute Gasteiger partial charge is 0.852 e. The van der Waals surface area contributed by atoms with E-state index in [4.69, 9.17) is 0 Å². The maximum absolute atomic E-state index is 10.4. The van der Waals surface area contributed by atoms with E-state index in [0.29, 0.717) is 11.8 Å². The average Bonchev–Trinajstić information content (AvgIpc) is 2.85. The number of benzene rings is 1. The van der Waals surface area contributed by atoms with Crippen molar-refractivity contribution in [2.24, 2.45) is 5.92 Å². The Hall–Kier alpha value is -0.820. The Morgan fingerprint density at radius 3 is 2.55 bits per heavy atom. The summed E-state index contributed by atoms with van der Waals surface area (Å²) in [6, 6.07) is 10.2. The highest BCUT2D eigenvalue weighted by molar-refractivity contribution is 5.26. The average molecular weight is 146 g/mol. The number of rotatable bonds is 2. The maximum Gasteiger partial charge on any atom is -0.0142 e. The van der Waals surface area contributed by atoms with Gasteiger partial charge in [0.15, 0.2) is 0 Å². The summed E-state index contributed by atoms with van der Waals surface area (Å²) < 4.78 is 0. The van der Waals surface area contributed by atoms with Crippen LogP contribution in [0, 0.1) is 12.5 Å². The third kappa shape index (κ3) is 1.29. The first-order chi connectivity index (χ1) is 5.42. The third-order valence-corrected chi connectivity index (χ3v) is 2.24. The normalized spacial score (nSPS) is 28.5. The highest BCUT2D eigenvalue weighted by atomic mass is 16.3. The number of hydrogen-bond donors (Lipinski definition) is 0. The first kappa shape index (κ1) is 6.86. The first-order valence-electron chi connectivity index (χ1n) is 3.92. The van der Waals surface area contributed by atoms with E-state index in [1.165, 1.54) is 5.56 Å². The van der Waals surface area contributed by atoms with Gasteiger partial charge in [-0.1, -0.05) is 30.3 Å². The molecule has 1 aromatic rings. The topological polar surface area (TPSA) is 23.1 Å². The summed E-state index contributed by atoms with van der Waals surface area (Å²) in [7, 11) is 0. The van der Waals surface area contributed by atoms with E-state index in [9.17, 15) is 5.11 Å². The van der Waals surface area contributed by atoms with Crippen molar-refractivity contribution in [1.29, 1.82) is 0 Å². The molecule has 1 radical (unpaired) electrons. The van der Waals surface area contributed by atoms with E-state index in [1.54, 1.807) is 0 Å². The molecule has 1 heteroatoms. The summed E-state index contributed by atoms with van der Waals surface area (Å²) >= 11 is 0. The van der Waals surface area contributed by atoms with Gasteiger partial charge in [0.25, 0.3) is 0 Å². The minimum atomic E-state index is 0.303.